The topological polar surface area (TPSA) is 20.2 Å². The van der Waals surface area contributed by atoms with E-state index in [2.05, 4.69) is 33.4 Å². The van der Waals surface area contributed by atoms with Gasteiger partial charge in [0.2, 0.25) is 0 Å². The van der Waals surface area contributed by atoms with Gasteiger partial charge in [-0.15, -0.1) is 6.58 Å². The zero-order valence-corrected chi connectivity index (χ0v) is 11.7. The van der Waals surface area contributed by atoms with Gasteiger partial charge in [-0.25, -0.2) is 0 Å². The van der Waals surface area contributed by atoms with Crippen molar-refractivity contribution in [2.45, 2.75) is 59.0 Å². The van der Waals surface area contributed by atoms with Crippen LogP contribution in [0.15, 0.2) is 23.8 Å². The Morgan fingerprint density at radius 1 is 1.53 bits per heavy atom. The molecule has 0 amide bonds. The van der Waals surface area contributed by atoms with E-state index in [0.717, 1.165) is 24.3 Å². The summed E-state index contributed by atoms with van der Waals surface area (Å²) in [4.78, 5) is 0. The third-order valence-corrected chi connectivity index (χ3v) is 4.89. The second-order valence-electron chi connectivity index (χ2n) is 6.92. The number of aliphatic hydroxyl groups is 1. The monoisotopic (exact) mass is 234 g/mol. The molecular weight excluding hydrogens is 208 g/mol. The highest BCUT2D eigenvalue weighted by molar-refractivity contribution is 5.28. The number of hydrogen-bond acceptors (Lipinski definition) is 1. The Bertz CT molecular complexity index is 364. The van der Waals surface area contributed by atoms with Crippen molar-refractivity contribution in [1.82, 2.24) is 0 Å². The Hall–Kier alpha value is -0.560. The second kappa shape index (κ2) is 3.98. The molecule has 0 aliphatic heterocycles. The zero-order chi connectivity index (χ0) is 12.8. The fraction of sp³-hybridized carbons (Fsp3) is 0.750. The van der Waals surface area contributed by atoms with E-state index in [-0.39, 0.29) is 5.41 Å². The maximum Gasteiger partial charge on any atom is 0.0926 e. The summed E-state index contributed by atoms with van der Waals surface area (Å²) < 4.78 is 0. The third-order valence-electron chi connectivity index (χ3n) is 4.89. The summed E-state index contributed by atoms with van der Waals surface area (Å²) in [5, 5.41) is 11.2. The van der Waals surface area contributed by atoms with Crippen LogP contribution < -0.4 is 0 Å². The molecule has 0 spiro atoms. The van der Waals surface area contributed by atoms with Crippen molar-refractivity contribution in [3.63, 3.8) is 0 Å². The molecule has 2 aliphatic rings. The zero-order valence-electron chi connectivity index (χ0n) is 11.7. The van der Waals surface area contributed by atoms with Gasteiger partial charge in [0, 0.05) is 6.42 Å². The van der Waals surface area contributed by atoms with Crippen molar-refractivity contribution in [3.8, 4) is 0 Å². The lowest BCUT2D eigenvalue weighted by Gasteiger charge is -2.45. The Kier molecular flexibility index (Phi) is 3.02. The normalized spacial score (nSPS) is 41.8. The fourth-order valence-electron chi connectivity index (χ4n) is 4.39. The van der Waals surface area contributed by atoms with Crippen molar-refractivity contribution < 1.29 is 5.11 Å². The van der Waals surface area contributed by atoms with Crippen LogP contribution in [0.5, 0.6) is 0 Å². The number of rotatable bonds is 2. The highest BCUT2D eigenvalue weighted by Crippen LogP contribution is 2.60. The van der Waals surface area contributed by atoms with Gasteiger partial charge in [0.05, 0.1) is 5.60 Å². The predicted octanol–water partition coefficient (Wildman–Crippen LogP) is 4.09. The van der Waals surface area contributed by atoms with Crippen LogP contribution in [0.1, 0.15) is 53.4 Å². The highest BCUT2D eigenvalue weighted by atomic mass is 16.3. The molecule has 2 aliphatic carbocycles. The first-order chi connectivity index (χ1) is 7.79. The van der Waals surface area contributed by atoms with E-state index in [4.69, 9.17) is 0 Å². The highest BCUT2D eigenvalue weighted by Gasteiger charge is 2.56. The third kappa shape index (κ3) is 1.99. The van der Waals surface area contributed by atoms with Gasteiger partial charge < -0.3 is 5.11 Å². The van der Waals surface area contributed by atoms with Crippen LogP contribution in [0.4, 0.5) is 0 Å². The SMILES string of the molecule is C=C(C)C[C@@]1(O)/C(=C/C)CC2CC1C(C)(C)C2. The molecule has 0 saturated heterocycles. The number of hydrogen-bond donors (Lipinski definition) is 1. The molecule has 0 radical (unpaired) electrons. The van der Waals surface area contributed by atoms with E-state index < -0.39 is 5.60 Å². The first-order valence-electron chi connectivity index (χ1n) is 6.82. The molecular formula is C16H26O. The molecule has 1 nitrogen and oxygen atoms in total. The molecule has 2 fully saturated rings. The lowest BCUT2D eigenvalue weighted by Crippen LogP contribution is -2.46. The van der Waals surface area contributed by atoms with Gasteiger partial charge in [-0.1, -0.05) is 25.5 Å². The quantitative estimate of drug-likeness (QED) is 0.714. The van der Waals surface area contributed by atoms with Gasteiger partial charge in [0.15, 0.2) is 0 Å². The molecule has 0 aromatic rings. The number of fused-ring (bicyclic) bond motifs is 2. The van der Waals surface area contributed by atoms with E-state index in [1.165, 1.54) is 18.4 Å². The smallest absolute Gasteiger partial charge is 0.0926 e. The van der Waals surface area contributed by atoms with Crippen molar-refractivity contribution in [2.75, 3.05) is 0 Å². The van der Waals surface area contributed by atoms with Crippen LogP contribution >= 0.6 is 0 Å². The lowest BCUT2D eigenvalue weighted by molar-refractivity contribution is -0.0317. The summed E-state index contributed by atoms with van der Waals surface area (Å²) in [5.41, 5.74) is 1.98. The summed E-state index contributed by atoms with van der Waals surface area (Å²) in [6.07, 6.45) is 6.40. The predicted molar refractivity (Wildman–Crippen MR) is 72.7 cm³/mol. The molecule has 1 heteroatoms. The van der Waals surface area contributed by atoms with Crippen molar-refractivity contribution >= 4 is 0 Å². The molecule has 1 N–H and O–H groups in total. The van der Waals surface area contributed by atoms with Crippen LogP contribution in [0, 0.1) is 17.3 Å². The van der Waals surface area contributed by atoms with Gasteiger partial charge in [-0.2, -0.15) is 0 Å². The summed E-state index contributed by atoms with van der Waals surface area (Å²) in [5.74, 6) is 1.18. The minimum absolute atomic E-state index is 0.264. The summed E-state index contributed by atoms with van der Waals surface area (Å²) in [6, 6.07) is 0. The summed E-state index contributed by atoms with van der Waals surface area (Å²) in [6.45, 7) is 12.7. The summed E-state index contributed by atoms with van der Waals surface area (Å²) >= 11 is 0. The largest absolute Gasteiger partial charge is 0.385 e. The Balaban J connectivity index is 2.41. The van der Waals surface area contributed by atoms with E-state index in [0.29, 0.717) is 5.92 Å². The molecule has 17 heavy (non-hydrogen) atoms. The van der Waals surface area contributed by atoms with Gasteiger partial charge in [0.25, 0.3) is 0 Å². The molecule has 96 valence electrons. The van der Waals surface area contributed by atoms with Gasteiger partial charge in [0.1, 0.15) is 0 Å². The number of allylic oxidation sites excluding steroid dienone is 1. The van der Waals surface area contributed by atoms with Gasteiger partial charge in [-0.05, 0) is 55.9 Å². The van der Waals surface area contributed by atoms with Crippen molar-refractivity contribution in [2.24, 2.45) is 17.3 Å². The van der Waals surface area contributed by atoms with E-state index >= 15 is 0 Å². The standard InChI is InChI=1S/C16H26O/c1-6-13-7-12-8-14(15(4,5)10-12)16(13,17)9-11(2)3/h6,12,14,17H,2,7-10H2,1,3-5H3/b13-6+/t12?,14?,16-/m1/s1. The average molecular weight is 234 g/mol. The minimum atomic E-state index is -0.628. The minimum Gasteiger partial charge on any atom is -0.385 e. The second-order valence-corrected chi connectivity index (χ2v) is 6.92. The fourth-order valence-corrected chi connectivity index (χ4v) is 4.39. The average Bonchev–Trinajstić information content (AvgIpc) is 2.45. The van der Waals surface area contributed by atoms with Gasteiger partial charge >= 0.3 is 0 Å². The molecule has 2 saturated carbocycles. The maximum atomic E-state index is 11.2. The van der Waals surface area contributed by atoms with Crippen LogP contribution in [0.25, 0.3) is 0 Å². The first-order valence-corrected chi connectivity index (χ1v) is 6.82. The van der Waals surface area contributed by atoms with Crippen molar-refractivity contribution in [3.05, 3.63) is 23.8 Å². The maximum absolute atomic E-state index is 11.2. The first kappa shape index (κ1) is 12.9. The lowest BCUT2D eigenvalue weighted by atomic mass is 9.64. The molecule has 0 aromatic heterocycles. The van der Waals surface area contributed by atoms with Crippen LogP contribution in [0.2, 0.25) is 0 Å². The van der Waals surface area contributed by atoms with E-state index in [1.54, 1.807) is 0 Å². The van der Waals surface area contributed by atoms with Gasteiger partial charge in [-0.3, -0.25) is 0 Å². The van der Waals surface area contributed by atoms with E-state index in [1.807, 2.05) is 6.92 Å². The van der Waals surface area contributed by atoms with Crippen molar-refractivity contribution in [1.29, 1.82) is 0 Å². The summed E-state index contributed by atoms with van der Waals surface area (Å²) in [7, 11) is 0. The molecule has 3 atom stereocenters. The van der Waals surface area contributed by atoms with Crippen LogP contribution in [0.3, 0.4) is 0 Å². The molecule has 2 unspecified atom stereocenters. The van der Waals surface area contributed by atoms with Crippen LogP contribution in [-0.4, -0.2) is 10.7 Å². The van der Waals surface area contributed by atoms with Crippen LogP contribution in [-0.2, 0) is 0 Å². The molecule has 2 rings (SSSR count). The Morgan fingerprint density at radius 3 is 2.71 bits per heavy atom. The Morgan fingerprint density at radius 2 is 2.18 bits per heavy atom. The molecule has 0 aromatic carbocycles. The molecule has 2 bridgehead atoms. The Labute approximate surface area is 106 Å². The molecule has 0 heterocycles. The van der Waals surface area contributed by atoms with E-state index in [9.17, 15) is 5.11 Å².